The monoisotopic (exact) mass is 405 g/mol. The van der Waals surface area contributed by atoms with Crippen molar-refractivity contribution >= 4 is 38.9 Å². The number of piperazine rings is 1. The van der Waals surface area contributed by atoms with Crippen LogP contribution in [-0.4, -0.2) is 74.2 Å². The highest BCUT2D eigenvalue weighted by atomic mass is 35.5. The van der Waals surface area contributed by atoms with E-state index < -0.39 is 10.0 Å². The third kappa shape index (κ3) is 4.54. The molecule has 1 amide bonds. The van der Waals surface area contributed by atoms with Crippen molar-refractivity contribution in [3.63, 3.8) is 0 Å². The second kappa shape index (κ2) is 7.92. The molecule has 0 saturated carbocycles. The molecule has 25 heavy (non-hydrogen) atoms. The normalized spacial score (nSPS) is 23.8. The molecular weight excluding hydrogens is 382 g/mol. The van der Waals surface area contributed by atoms with Crippen LogP contribution in [0.5, 0.6) is 0 Å². The lowest BCUT2D eigenvalue weighted by Crippen LogP contribution is -2.52. The van der Waals surface area contributed by atoms with Gasteiger partial charge in [-0.1, -0.05) is 18.5 Å². The molecule has 1 aromatic rings. The molecule has 2 fully saturated rings. The van der Waals surface area contributed by atoms with Gasteiger partial charge < -0.3 is 4.90 Å². The average Bonchev–Trinajstić information content (AvgIpc) is 3.03. The fraction of sp³-hybridized carbons (Fsp3) is 0.688. The molecule has 0 N–H and O–H groups in total. The van der Waals surface area contributed by atoms with E-state index in [0.29, 0.717) is 43.0 Å². The first-order valence-corrected chi connectivity index (χ1v) is 11.3. The predicted molar refractivity (Wildman–Crippen MR) is 99.5 cm³/mol. The molecule has 2 aliphatic rings. The lowest BCUT2D eigenvalue weighted by Gasteiger charge is -2.36. The number of likely N-dealkylation sites (tertiary alicyclic amines) is 1. The SMILES string of the molecule is C[C@H]1CCCN(C(=O)CN2CCN(S(=O)(=O)c3ccc(Cl)s3)CC2)C1. The van der Waals surface area contributed by atoms with Crippen molar-refractivity contribution in [2.45, 2.75) is 24.0 Å². The molecule has 1 aromatic heterocycles. The lowest BCUT2D eigenvalue weighted by atomic mass is 10.0. The maximum absolute atomic E-state index is 12.6. The Balaban J connectivity index is 1.52. The number of amides is 1. The summed E-state index contributed by atoms with van der Waals surface area (Å²) in [6, 6.07) is 3.16. The lowest BCUT2D eigenvalue weighted by molar-refractivity contribution is -0.134. The van der Waals surface area contributed by atoms with Gasteiger partial charge in [-0.25, -0.2) is 8.42 Å². The van der Waals surface area contributed by atoms with Gasteiger partial charge in [-0.2, -0.15) is 4.31 Å². The van der Waals surface area contributed by atoms with E-state index in [9.17, 15) is 13.2 Å². The van der Waals surface area contributed by atoms with Crippen molar-refractivity contribution in [2.75, 3.05) is 45.8 Å². The third-order valence-corrected chi connectivity index (χ3v) is 8.44. The van der Waals surface area contributed by atoms with E-state index in [1.54, 1.807) is 12.1 Å². The summed E-state index contributed by atoms with van der Waals surface area (Å²) in [5.74, 6) is 0.727. The number of hydrogen-bond donors (Lipinski definition) is 0. The van der Waals surface area contributed by atoms with Crippen LogP contribution in [0.15, 0.2) is 16.3 Å². The summed E-state index contributed by atoms with van der Waals surface area (Å²) in [4.78, 5) is 16.5. The van der Waals surface area contributed by atoms with Crippen LogP contribution in [0.25, 0.3) is 0 Å². The van der Waals surface area contributed by atoms with E-state index in [1.807, 2.05) is 4.90 Å². The summed E-state index contributed by atoms with van der Waals surface area (Å²) in [7, 11) is -3.48. The Bertz CT molecular complexity index is 714. The highest BCUT2D eigenvalue weighted by Crippen LogP contribution is 2.28. The van der Waals surface area contributed by atoms with Crippen LogP contribution in [0.4, 0.5) is 0 Å². The first-order valence-electron chi connectivity index (χ1n) is 8.62. The van der Waals surface area contributed by atoms with Gasteiger partial charge in [0.25, 0.3) is 10.0 Å². The minimum Gasteiger partial charge on any atom is -0.341 e. The number of carbonyl (C=O) groups excluding carboxylic acids is 1. The van der Waals surface area contributed by atoms with Crippen molar-refractivity contribution in [2.24, 2.45) is 5.92 Å². The molecule has 0 aliphatic carbocycles. The zero-order valence-corrected chi connectivity index (χ0v) is 16.7. The second-order valence-corrected chi connectivity index (χ2v) is 10.7. The number of sulfonamides is 1. The topological polar surface area (TPSA) is 60.9 Å². The van der Waals surface area contributed by atoms with Crippen LogP contribution in [0.1, 0.15) is 19.8 Å². The molecule has 6 nitrogen and oxygen atoms in total. The van der Waals surface area contributed by atoms with Crippen molar-refractivity contribution in [3.05, 3.63) is 16.5 Å². The summed E-state index contributed by atoms with van der Waals surface area (Å²) in [5.41, 5.74) is 0. The van der Waals surface area contributed by atoms with E-state index >= 15 is 0 Å². The maximum Gasteiger partial charge on any atom is 0.252 e. The number of hydrogen-bond acceptors (Lipinski definition) is 5. The summed E-state index contributed by atoms with van der Waals surface area (Å²) in [5, 5.41) is 0. The molecule has 2 saturated heterocycles. The highest BCUT2D eigenvalue weighted by molar-refractivity contribution is 7.91. The number of nitrogens with zero attached hydrogens (tertiary/aromatic N) is 3. The smallest absolute Gasteiger partial charge is 0.252 e. The summed E-state index contributed by atoms with van der Waals surface area (Å²) < 4.78 is 27.4. The minimum absolute atomic E-state index is 0.160. The molecule has 3 rings (SSSR count). The second-order valence-electron chi connectivity index (χ2n) is 6.83. The first kappa shape index (κ1) is 19.1. The standard InChI is InChI=1S/C16H24ClN3O3S2/c1-13-3-2-6-19(11-13)15(21)12-18-7-9-20(10-8-18)25(22,23)16-5-4-14(17)24-16/h4-5,13H,2-3,6-12H2,1H3/t13-/m0/s1. The Labute approximate surface area is 158 Å². The van der Waals surface area contributed by atoms with Crippen LogP contribution >= 0.6 is 22.9 Å². The summed E-state index contributed by atoms with van der Waals surface area (Å²) in [6.45, 7) is 6.21. The predicted octanol–water partition coefficient (Wildman–Crippen LogP) is 1.97. The Hall–Kier alpha value is -0.670. The van der Waals surface area contributed by atoms with Crippen molar-refractivity contribution in [1.29, 1.82) is 0 Å². The van der Waals surface area contributed by atoms with Crippen LogP contribution in [0.3, 0.4) is 0 Å². The Morgan fingerprint density at radius 1 is 1.24 bits per heavy atom. The summed E-state index contributed by atoms with van der Waals surface area (Å²) in [6.07, 6.45) is 2.26. The van der Waals surface area contributed by atoms with E-state index in [4.69, 9.17) is 11.6 Å². The quantitative estimate of drug-likeness (QED) is 0.768. The van der Waals surface area contributed by atoms with Gasteiger partial charge >= 0.3 is 0 Å². The van der Waals surface area contributed by atoms with Crippen molar-refractivity contribution in [1.82, 2.24) is 14.1 Å². The van der Waals surface area contributed by atoms with Crippen molar-refractivity contribution < 1.29 is 13.2 Å². The van der Waals surface area contributed by atoms with Gasteiger partial charge in [-0.15, -0.1) is 11.3 Å². The van der Waals surface area contributed by atoms with Crippen LogP contribution < -0.4 is 0 Å². The number of thiophene rings is 1. The molecule has 0 spiro atoms. The Morgan fingerprint density at radius 2 is 1.96 bits per heavy atom. The molecule has 0 aromatic carbocycles. The van der Waals surface area contributed by atoms with Gasteiger partial charge in [-0.05, 0) is 30.9 Å². The molecule has 9 heteroatoms. The maximum atomic E-state index is 12.6. The fourth-order valence-electron chi connectivity index (χ4n) is 3.40. The number of rotatable bonds is 4. The van der Waals surface area contributed by atoms with Gasteiger partial charge in [0.05, 0.1) is 10.9 Å². The van der Waals surface area contributed by atoms with Gasteiger partial charge in [0.15, 0.2) is 0 Å². The molecule has 3 heterocycles. The third-order valence-electron chi connectivity index (χ3n) is 4.84. The van der Waals surface area contributed by atoms with Crippen molar-refractivity contribution in [3.8, 4) is 0 Å². The average molecular weight is 406 g/mol. The first-order chi connectivity index (χ1) is 11.9. The molecule has 0 bridgehead atoms. The zero-order chi connectivity index (χ0) is 18.0. The van der Waals surface area contributed by atoms with Gasteiger partial charge in [0, 0.05) is 39.3 Å². The molecule has 0 unspecified atom stereocenters. The van der Waals surface area contributed by atoms with Gasteiger partial charge in [0.2, 0.25) is 5.91 Å². The van der Waals surface area contributed by atoms with Gasteiger partial charge in [-0.3, -0.25) is 9.69 Å². The molecule has 1 atom stereocenters. The van der Waals surface area contributed by atoms with E-state index in [0.717, 1.165) is 30.8 Å². The van der Waals surface area contributed by atoms with E-state index in [-0.39, 0.29) is 10.1 Å². The number of halogens is 1. The number of piperidine rings is 1. The Morgan fingerprint density at radius 3 is 2.56 bits per heavy atom. The van der Waals surface area contributed by atoms with Crippen LogP contribution in [-0.2, 0) is 14.8 Å². The fourth-order valence-corrected chi connectivity index (χ4v) is 6.46. The molecular formula is C16H24ClN3O3S2. The molecule has 140 valence electrons. The van der Waals surface area contributed by atoms with Crippen LogP contribution in [0, 0.1) is 5.92 Å². The Kier molecular flexibility index (Phi) is 6.05. The van der Waals surface area contributed by atoms with Crippen LogP contribution in [0.2, 0.25) is 4.34 Å². The molecule has 0 radical (unpaired) electrons. The zero-order valence-electron chi connectivity index (χ0n) is 14.4. The van der Waals surface area contributed by atoms with Gasteiger partial charge in [0.1, 0.15) is 4.21 Å². The number of carbonyl (C=O) groups is 1. The van der Waals surface area contributed by atoms with E-state index in [2.05, 4.69) is 11.8 Å². The highest BCUT2D eigenvalue weighted by Gasteiger charge is 2.31. The molecule has 2 aliphatic heterocycles. The minimum atomic E-state index is -3.48. The summed E-state index contributed by atoms with van der Waals surface area (Å²) >= 11 is 6.94. The van der Waals surface area contributed by atoms with E-state index in [1.165, 1.54) is 10.7 Å². The largest absolute Gasteiger partial charge is 0.341 e.